The molecule has 4 nitrogen and oxygen atoms in total. The molecular formula is C9H4Cl2FN3O. The SMILES string of the molecule is O=C(Cl)c1cc(F)nn1-c1ncccc1Cl. The summed E-state index contributed by atoms with van der Waals surface area (Å²) in [6, 6.07) is 4.07. The van der Waals surface area contributed by atoms with Gasteiger partial charge in [-0.25, -0.2) is 9.67 Å². The maximum absolute atomic E-state index is 13.0. The highest BCUT2D eigenvalue weighted by molar-refractivity contribution is 6.67. The Bertz CT molecular complexity index is 555. The lowest BCUT2D eigenvalue weighted by Gasteiger charge is -2.04. The van der Waals surface area contributed by atoms with E-state index < -0.39 is 11.2 Å². The highest BCUT2D eigenvalue weighted by Gasteiger charge is 2.17. The zero-order valence-electron chi connectivity index (χ0n) is 7.69. The summed E-state index contributed by atoms with van der Waals surface area (Å²) in [4.78, 5) is 14.9. The number of rotatable bonds is 2. The first-order valence-corrected chi connectivity index (χ1v) is 4.91. The number of carbonyl (C=O) groups excluding carboxylic acids is 1. The van der Waals surface area contributed by atoms with E-state index in [4.69, 9.17) is 23.2 Å². The van der Waals surface area contributed by atoms with Crippen LogP contribution in [0.25, 0.3) is 5.82 Å². The molecule has 2 aromatic rings. The van der Waals surface area contributed by atoms with Crippen LogP contribution in [0.4, 0.5) is 4.39 Å². The lowest BCUT2D eigenvalue weighted by Crippen LogP contribution is -2.07. The third-order valence-electron chi connectivity index (χ3n) is 1.82. The largest absolute Gasteiger partial charge is 0.274 e. The van der Waals surface area contributed by atoms with E-state index in [0.717, 1.165) is 10.7 Å². The second-order valence-corrected chi connectivity index (χ2v) is 3.60. The van der Waals surface area contributed by atoms with Gasteiger partial charge >= 0.3 is 0 Å². The number of hydrogen-bond acceptors (Lipinski definition) is 3. The van der Waals surface area contributed by atoms with Crippen molar-refractivity contribution in [1.29, 1.82) is 0 Å². The third kappa shape index (κ3) is 1.91. The van der Waals surface area contributed by atoms with Crippen molar-refractivity contribution >= 4 is 28.4 Å². The fraction of sp³-hybridized carbons (Fsp3) is 0. The molecule has 0 N–H and O–H groups in total. The molecule has 82 valence electrons. The van der Waals surface area contributed by atoms with Gasteiger partial charge in [0.05, 0.1) is 5.02 Å². The minimum Gasteiger partial charge on any atom is -0.274 e. The molecule has 0 bridgehead atoms. The van der Waals surface area contributed by atoms with Crippen LogP contribution in [-0.4, -0.2) is 20.0 Å². The Morgan fingerprint density at radius 1 is 1.50 bits per heavy atom. The molecule has 0 atom stereocenters. The fourth-order valence-corrected chi connectivity index (χ4v) is 1.52. The predicted octanol–water partition coefficient (Wildman–Crippen LogP) is 2.44. The maximum atomic E-state index is 13.0. The van der Waals surface area contributed by atoms with Gasteiger partial charge in [-0.05, 0) is 23.7 Å². The molecule has 16 heavy (non-hydrogen) atoms. The van der Waals surface area contributed by atoms with Gasteiger partial charge in [0.25, 0.3) is 5.24 Å². The molecule has 0 aliphatic heterocycles. The Balaban J connectivity index is 2.64. The molecule has 0 saturated carbocycles. The normalized spacial score (nSPS) is 10.4. The van der Waals surface area contributed by atoms with Gasteiger partial charge in [-0.3, -0.25) is 4.79 Å². The van der Waals surface area contributed by atoms with Crippen LogP contribution in [-0.2, 0) is 0 Å². The minimum absolute atomic E-state index is 0.125. The van der Waals surface area contributed by atoms with Crippen molar-refractivity contribution in [2.45, 2.75) is 0 Å². The minimum atomic E-state index is -0.835. The quantitative estimate of drug-likeness (QED) is 0.779. The van der Waals surface area contributed by atoms with Gasteiger partial charge in [-0.2, -0.15) is 4.39 Å². The summed E-state index contributed by atoms with van der Waals surface area (Å²) in [7, 11) is 0. The molecule has 0 radical (unpaired) electrons. The highest BCUT2D eigenvalue weighted by Crippen LogP contribution is 2.19. The lowest BCUT2D eigenvalue weighted by molar-refractivity contribution is 0.107. The second-order valence-electron chi connectivity index (χ2n) is 2.85. The van der Waals surface area contributed by atoms with E-state index in [-0.39, 0.29) is 16.5 Å². The topological polar surface area (TPSA) is 47.8 Å². The number of aromatic nitrogens is 3. The van der Waals surface area contributed by atoms with E-state index in [1.807, 2.05) is 0 Å². The van der Waals surface area contributed by atoms with Crippen LogP contribution in [0.2, 0.25) is 5.02 Å². The van der Waals surface area contributed by atoms with Crippen molar-refractivity contribution < 1.29 is 9.18 Å². The first-order valence-electron chi connectivity index (χ1n) is 4.16. The number of hydrogen-bond donors (Lipinski definition) is 0. The molecule has 0 fully saturated rings. The summed E-state index contributed by atoms with van der Waals surface area (Å²) in [6.07, 6.45) is 1.45. The fourth-order valence-electron chi connectivity index (χ4n) is 1.19. The summed E-state index contributed by atoms with van der Waals surface area (Å²) >= 11 is 11.1. The third-order valence-corrected chi connectivity index (χ3v) is 2.31. The Morgan fingerprint density at radius 2 is 2.25 bits per heavy atom. The smallest absolute Gasteiger partial charge is 0.271 e. The van der Waals surface area contributed by atoms with Crippen LogP contribution in [0.15, 0.2) is 24.4 Å². The van der Waals surface area contributed by atoms with Crippen LogP contribution < -0.4 is 0 Å². The number of halogens is 3. The van der Waals surface area contributed by atoms with Crippen LogP contribution >= 0.6 is 23.2 Å². The monoisotopic (exact) mass is 259 g/mol. The van der Waals surface area contributed by atoms with Crippen LogP contribution in [0, 0.1) is 5.95 Å². The molecule has 7 heteroatoms. The van der Waals surface area contributed by atoms with E-state index in [2.05, 4.69) is 10.1 Å². The number of nitrogens with zero attached hydrogens (tertiary/aromatic N) is 3. The van der Waals surface area contributed by atoms with Crippen molar-refractivity contribution in [3.63, 3.8) is 0 Å². The van der Waals surface area contributed by atoms with Gasteiger partial charge in [0.2, 0.25) is 5.95 Å². The van der Waals surface area contributed by atoms with Gasteiger partial charge in [0.1, 0.15) is 5.69 Å². The maximum Gasteiger partial charge on any atom is 0.271 e. The molecule has 0 aliphatic carbocycles. The van der Waals surface area contributed by atoms with Crippen molar-refractivity contribution in [2.75, 3.05) is 0 Å². The lowest BCUT2D eigenvalue weighted by atomic mass is 10.4. The summed E-state index contributed by atoms with van der Waals surface area (Å²) in [6.45, 7) is 0. The molecule has 2 aromatic heterocycles. The van der Waals surface area contributed by atoms with Crippen LogP contribution in [0.5, 0.6) is 0 Å². The first-order chi connectivity index (χ1) is 7.59. The standard InChI is InChI=1S/C9H4Cl2FN3O/c10-5-2-1-3-13-9(5)15-6(8(11)16)4-7(12)14-15/h1-4H. The average Bonchev–Trinajstić information content (AvgIpc) is 2.61. The first kappa shape index (κ1) is 11.0. The zero-order chi connectivity index (χ0) is 11.7. The summed E-state index contributed by atoms with van der Waals surface area (Å²) in [5.74, 6) is -0.678. The van der Waals surface area contributed by atoms with Crippen molar-refractivity contribution in [1.82, 2.24) is 14.8 Å². The van der Waals surface area contributed by atoms with E-state index in [9.17, 15) is 9.18 Å². The van der Waals surface area contributed by atoms with Crippen molar-refractivity contribution in [2.24, 2.45) is 0 Å². The van der Waals surface area contributed by atoms with Crippen LogP contribution in [0.1, 0.15) is 10.5 Å². The van der Waals surface area contributed by atoms with E-state index in [0.29, 0.717) is 0 Å². The Kier molecular flexibility index (Phi) is 2.89. The Labute approximate surface area is 99.6 Å². The summed E-state index contributed by atoms with van der Waals surface area (Å²) in [5, 5.41) is 2.87. The van der Waals surface area contributed by atoms with Crippen molar-refractivity contribution in [3.8, 4) is 5.82 Å². The highest BCUT2D eigenvalue weighted by atomic mass is 35.5. The molecule has 2 heterocycles. The van der Waals surface area contributed by atoms with E-state index >= 15 is 0 Å². The molecule has 0 saturated heterocycles. The molecule has 2 rings (SSSR count). The summed E-state index contributed by atoms with van der Waals surface area (Å²) in [5.41, 5.74) is -0.125. The van der Waals surface area contributed by atoms with Gasteiger partial charge in [-0.15, -0.1) is 5.10 Å². The zero-order valence-corrected chi connectivity index (χ0v) is 9.21. The van der Waals surface area contributed by atoms with Crippen molar-refractivity contribution in [3.05, 3.63) is 41.1 Å². The van der Waals surface area contributed by atoms with E-state index in [1.54, 1.807) is 12.1 Å². The molecule has 0 aliphatic rings. The van der Waals surface area contributed by atoms with Crippen LogP contribution in [0.3, 0.4) is 0 Å². The number of pyridine rings is 1. The average molecular weight is 260 g/mol. The Morgan fingerprint density at radius 3 is 2.88 bits per heavy atom. The van der Waals surface area contributed by atoms with Gasteiger partial charge in [-0.1, -0.05) is 11.6 Å². The summed E-state index contributed by atoms with van der Waals surface area (Å²) < 4.78 is 13.9. The van der Waals surface area contributed by atoms with E-state index in [1.165, 1.54) is 6.20 Å². The molecule has 0 amide bonds. The molecule has 0 unspecified atom stereocenters. The molecular weight excluding hydrogens is 256 g/mol. The Hall–Kier alpha value is -1.46. The molecule has 0 aromatic carbocycles. The van der Waals surface area contributed by atoms with Gasteiger partial charge < -0.3 is 0 Å². The predicted molar refractivity (Wildman–Crippen MR) is 56.5 cm³/mol. The van der Waals surface area contributed by atoms with Gasteiger partial charge in [0.15, 0.2) is 5.82 Å². The van der Waals surface area contributed by atoms with Gasteiger partial charge in [0, 0.05) is 12.3 Å². The second kappa shape index (κ2) is 4.19. The number of carbonyl (C=O) groups is 1. The molecule has 0 spiro atoms.